The Kier molecular flexibility index (Phi) is 4.64. The van der Waals surface area contributed by atoms with Crippen LogP contribution in [0.15, 0.2) is 53.5 Å². The van der Waals surface area contributed by atoms with Gasteiger partial charge in [0.15, 0.2) is 0 Å². The third kappa shape index (κ3) is 3.37. The molecule has 1 N–H and O–H groups in total. The van der Waals surface area contributed by atoms with Gasteiger partial charge < -0.3 is 5.32 Å². The number of benzene rings is 2. The zero-order chi connectivity index (χ0) is 17.1. The Morgan fingerprint density at radius 1 is 0.920 bits per heavy atom. The van der Waals surface area contributed by atoms with Crippen molar-refractivity contribution in [1.29, 1.82) is 0 Å². The number of carbonyl (C=O) groups is 1. The highest BCUT2D eigenvalue weighted by Crippen LogP contribution is 2.28. The zero-order valence-corrected chi connectivity index (χ0v) is 14.5. The van der Waals surface area contributed by atoms with Gasteiger partial charge in [0.1, 0.15) is 0 Å². The lowest BCUT2D eigenvalue weighted by Crippen LogP contribution is -2.26. The van der Waals surface area contributed by atoms with E-state index >= 15 is 0 Å². The minimum absolute atomic E-state index is 0.155. The zero-order valence-electron chi connectivity index (χ0n) is 14.5. The molecule has 1 saturated carbocycles. The number of hydrogen-bond donors (Lipinski definition) is 1. The topological polar surface area (TPSA) is 41.5 Å². The van der Waals surface area contributed by atoms with Gasteiger partial charge in [0, 0.05) is 23.6 Å². The Morgan fingerprint density at radius 2 is 1.64 bits per heavy atom. The summed E-state index contributed by atoms with van der Waals surface area (Å²) in [5, 5.41) is 3.19. The van der Waals surface area contributed by atoms with E-state index in [9.17, 15) is 4.79 Å². The van der Waals surface area contributed by atoms with Crippen LogP contribution in [-0.4, -0.2) is 18.2 Å². The van der Waals surface area contributed by atoms with Gasteiger partial charge in [-0.25, -0.2) is 0 Å². The highest BCUT2D eigenvalue weighted by atomic mass is 16.1. The molecule has 2 aromatic carbocycles. The number of aliphatic imine (C=N–C) groups is 1. The molecule has 2 aromatic rings. The lowest BCUT2D eigenvalue weighted by atomic mass is 9.88. The predicted octanol–water partition coefficient (Wildman–Crippen LogP) is 4.60. The fraction of sp³-hybridized carbons (Fsp3) is 0.364. The first kappa shape index (κ1) is 16.1. The first-order chi connectivity index (χ1) is 12.3. The van der Waals surface area contributed by atoms with E-state index in [1.54, 1.807) is 0 Å². The van der Waals surface area contributed by atoms with E-state index in [0.717, 1.165) is 42.8 Å². The SMILES string of the molecule is O=C(Nc1ccccc1C1=NCCc2ccccc21)C1CCCCC1. The van der Waals surface area contributed by atoms with Gasteiger partial charge in [-0.05, 0) is 30.9 Å². The largest absolute Gasteiger partial charge is 0.325 e. The number of amides is 1. The standard InChI is InChI=1S/C22H24N2O/c25-22(17-9-2-1-3-10-17)24-20-13-7-6-12-19(20)21-18-11-5-4-8-16(18)14-15-23-21/h4-8,11-13,17H,1-3,9-10,14-15H2,(H,24,25). The first-order valence-electron chi connectivity index (χ1n) is 9.36. The van der Waals surface area contributed by atoms with Crippen molar-refractivity contribution in [2.24, 2.45) is 10.9 Å². The molecule has 0 bridgehead atoms. The summed E-state index contributed by atoms with van der Waals surface area (Å²) in [5.74, 6) is 0.319. The number of nitrogens with one attached hydrogen (secondary N) is 1. The maximum Gasteiger partial charge on any atom is 0.227 e. The normalized spacial score (nSPS) is 17.5. The van der Waals surface area contributed by atoms with Crippen LogP contribution in [0, 0.1) is 5.92 Å². The molecular weight excluding hydrogens is 308 g/mol. The molecule has 2 aliphatic rings. The van der Waals surface area contributed by atoms with Gasteiger partial charge in [-0.3, -0.25) is 9.79 Å². The number of fused-ring (bicyclic) bond motifs is 1. The molecule has 1 amide bonds. The van der Waals surface area contributed by atoms with Crippen molar-refractivity contribution in [3.05, 3.63) is 65.2 Å². The lowest BCUT2D eigenvalue weighted by Gasteiger charge is -2.23. The maximum atomic E-state index is 12.7. The summed E-state index contributed by atoms with van der Waals surface area (Å²) in [5.41, 5.74) is 5.43. The van der Waals surface area contributed by atoms with Crippen LogP contribution in [0.2, 0.25) is 0 Å². The van der Waals surface area contributed by atoms with Crippen LogP contribution in [0.1, 0.15) is 48.8 Å². The fourth-order valence-corrected chi connectivity index (χ4v) is 3.97. The molecule has 3 heteroatoms. The molecule has 1 aliphatic carbocycles. The van der Waals surface area contributed by atoms with Crippen LogP contribution in [-0.2, 0) is 11.2 Å². The molecule has 0 saturated heterocycles. The number of carbonyl (C=O) groups excluding carboxylic acids is 1. The molecule has 1 fully saturated rings. The number of hydrogen-bond acceptors (Lipinski definition) is 2. The van der Waals surface area contributed by atoms with Crippen LogP contribution in [0.5, 0.6) is 0 Å². The summed E-state index contributed by atoms with van der Waals surface area (Å²) in [6.45, 7) is 0.803. The van der Waals surface area contributed by atoms with Crippen LogP contribution in [0.3, 0.4) is 0 Å². The molecule has 25 heavy (non-hydrogen) atoms. The summed E-state index contributed by atoms with van der Waals surface area (Å²) < 4.78 is 0. The fourth-order valence-electron chi connectivity index (χ4n) is 3.97. The Hall–Kier alpha value is -2.42. The van der Waals surface area contributed by atoms with Gasteiger partial charge in [0.25, 0.3) is 0 Å². The molecule has 1 aliphatic heterocycles. The molecule has 4 rings (SSSR count). The summed E-state index contributed by atoms with van der Waals surface area (Å²) in [6, 6.07) is 16.5. The molecule has 0 atom stereocenters. The molecule has 3 nitrogen and oxygen atoms in total. The Balaban J connectivity index is 1.63. The van der Waals surface area contributed by atoms with Crippen LogP contribution in [0.4, 0.5) is 5.69 Å². The van der Waals surface area contributed by atoms with E-state index in [0.29, 0.717) is 0 Å². The van der Waals surface area contributed by atoms with Crippen LogP contribution < -0.4 is 5.32 Å². The summed E-state index contributed by atoms with van der Waals surface area (Å²) in [7, 11) is 0. The van der Waals surface area contributed by atoms with Crippen molar-refractivity contribution in [3.63, 3.8) is 0 Å². The van der Waals surface area contributed by atoms with E-state index < -0.39 is 0 Å². The van der Waals surface area contributed by atoms with Crippen molar-refractivity contribution in [2.45, 2.75) is 38.5 Å². The molecular formula is C22H24N2O. The second-order valence-corrected chi connectivity index (χ2v) is 7.01. The average molecular weight is 332 g/mol. The molecule has 128 valence electrons. The van der Waals surface area contributed by atoms with E-state index in [1.807, 2.05) is 18.2 Å². The van der Waals surface area contributed by atoms with Gasteiger partial charge >= 0.3 is 0 Å². The summed E-state index contributed by atoms with van der Waals surface area (Å²) in [4.78, 5) is 17.5. The second-order valence-electron chi connectivity index (χ2n) is 7.01. The minimum Gasteiger partial charge on any atom is -0.325 e. The second kappa shape index (κ2) is 7.22. The highest BCUT2D eigenvalue weighted by Gasteiger charge is 2.23. The van der Waals surface area contributed by atoms with Crippen LogP contribution in [0.25, 0.3) is 0 Å². The van der Waals surface area contributed by atoms with Gasteiger partial charge in [0.05, 0.1) is 11.4 Å². The third-order valence-electron chi connectivity index (χ3n) is 5.34. The van der Waals surface area contributed by atoms with E-state index in [4.69, 9.17) is 4.99 Å². The van der Waals surface area contributed by atoms with Crippen LogP contribution >= 0.6 is 0 Å². The maximum absolute atomic E-state index is 12.7. The smallest absolute Gasteiger partial charge is 0.227 e. The van der Waals surface area contributed by atoms with Gasteiger partial charge in [-0.1, -0.05) is 61.7 Å². The Labute approximate surface area is 149 Å². The van der Waals surface area contributed by atoms with Crippen molar-refractivity contribution in [2.75, 3.05) is 11.9 Å². The number of anilines is 1. The summed E-state index contributed by atoms with van der Waals surface area (Å²) in [6.07, 6.45) is 6.60. The van der Waals surface area contributed by atoms with Crippen molar-refractivity contribution in [1.82, 2.24) is 0 Å². The Morgan fingerprint density at radius 3 is 2.48 bits per heavy atom. The van der Waals surface area contributed by atoms with Gasteiger partial charge in [-0.15, -0.1) is 0 Å². The molecule has 0 spiro atoms. The molecule has 0 radical (unpaired) electrons. The molecule has 0 aromatic heterocycles. The quantitative estimate of drug-likeness (QED) is 0.877. The Bertz CT molecular complexity index is 803. The highest BCUT2D eigenvalue weighted by molar-refractivity contribution is 6.18. The van der Waals surface area contributed by atoms with Crippen molar-refractivity contribution in [3.8, 4) is 0 Å². The monoisotopic (exact) mass is 332 g/mol. The van der Waals surface area contributed by atoms with Gasteiger partial charge in [-0.2, -0.15) is 0 Å². The van der Waals surface area contributed by atoms with Crippen molar-refractivity contribution < 1.29 is 4.79 Å². The summed E-state index contributed by atoms with van der Waals surface area (Å²) >= 11 is 0. The van der Waals surface area contributed by atoms with Crippen molar-refractivity contribution >= 4 is 17.3 Å². The third-order valence-corrected chi connectivity index (χ3v) is 5.34. The van der Waals surface area contributed by atoms with E-state index in [1.165, 1.54) is 30.4 Å². The van der Waals surface area contributed by atoms with Gasteiger partial charge in [0.2, 0.25) is 5.91 Å². The predicted molar refractivity (Wildman–Crippen MR) is 102 cm³/mol. The first-order valence-corrected chi connectivity index (χ1v) is 9.36. The number of rotatable bonds is 3. The molecule has 1 heterocycles. The van der Waals surface area contributed by atoms with E-state index in [-0.39, 0.29) is 11.8 Å². The number of para-hydroxylation sites is 1. The number of nitrogens with zero attached hydrogens (tertiary/aromatic N) is 1. The minimum atomic E-state index is 0.155. The lowest BCUT2D eigenvalue weighted by molar-refractivity contribution is -0.120. The molecule has 0 unspecified atom stereocenters. The average Bonchev–Trinajstić information content (AvgIpc) is 2.69. The van der Waals surface area contributed by atoms with E-state index in [2.05, 4.69) is 35.6 Å².